The zero-order chi connectivity index (χ0) is 13.8. The van der Waals surface area contributed by atoms with Crippen LogP contribution in [0.15, 0.2) is 24.3 Å². The van der Waals surface area contributed by atoms with Crippen LogP contribution in [0.3, 0.4) is 0 Å². The molecule has 2 rings (SSSR count). The van der Waals surface area contributed by atoms with Crippen molar-refractivity contribution in [2.75, 3.05) is 31.2 Å². The maximum atomic E-state index is 12.1. The number of ether oxygens (including phenoxy) is 1. The third-order valence-electron chi connectivity index (χ3n) is 3.64. The highest BCUT2D eigenvalue weighted by atomic mass is 16.5. The summed E-state index contributed by atoms with van der Waals surface area (Å²) in [5, 5.41) is 2.87. The van der Waals surface area contributed by atoms with E-state index < -0.39 is 0 Å². The largest absolute Gasteiger partial charge is 0.399 e. The number of amides is 2. The predicted octanol–water partition coefficient (Wildman–Crippen LogP) is 2.16. The molecule has 2 amide bonds. The van der Waals surface area contributed by atoms with Gasteiger partial charge in [-0.2, -0.15) is 0 Å². The molecule has 1 aliphatic rings. The number of piperidine rings is 1. The van der Waals surface area contributed by atoms with Crippen LogP contribution in [0.25, 0.3) is 0 Å². The molecule has 0 aliphatic carbocycles. The Bertz CT molecular complexity index is 433. The van der Waals surface area contributed by atoms with Gasteiger partial charge in [-0.15, -0.1) is 0 Å². The highest BCUT2D eigenvalue weighted by Gasteiger charge is 2.28. The van der Waals surface area contributed by atoms with E-state index in [9.17, 15) is 4.79 Å². The summed E-state index contributed by atoms with van der Waals surface area (Å²) in [6.07, 6.45) is 1.08. The van der Waals surface area contributed by atoms with Crippen LogP contribution < -0.4 is 11.1 Å². The first-order chi connectivity index (χ1) is 9.10. The van der Waals surface area contributed by atoms with Gasteiger partial charge in [-0.25, -0.2) is 4.79 Å². The molecule has 0 saturated carbocycles. The number of nitrogens with one attached hydrogen (secondary N) is 1. The van der Waals surface area contributed by atoms with E-state index in [1.807, 2.05) is 0 Å². The van der Waals surface area contributed by atoms with E-state index in [1.54, 1.807) is 36.3 Å². The second kappa shape index (κ2) is 5.93. The summed E-state index contributed by atoms with van der Waals surface area (Å²) in [7, 11) is 1.70. The normalized spacial score (nSPS) is 23.2. The first-order valence-electron chi connectivity index (χ1n) is 6.54. The maximum absolute atomic E-state index is 12.1. The molecule has 0 spiro atoms. The van der Waals surface area contributed by atoms with Gasteiger partial charge in [0.05, 0.1) is 6.10 Å². The number of nitrogens with two attached hydrogens (primary N) is 1. The van der Waals surface area contributed by atoms with Crippen molar-refractivity contribution in [3.05, 3.63) is 24.3 Å². The molecule has 0 radical (unpaired) electrons. The van der Waals surface area contributed by atoms with E-state index >= 15 is 0 Å². The molecule has 5 nitrogen and oxygen atoms in total. The van der Waals surface area contributed by atoms with Gasteiger partial charge in [0, 0.05) is 31.6 Å². The van der Waals surface area contributed by atoms with E-state index in [1.165, 1.54) is 0 Å². The zero-order valence-electron chi connectivity index (χ0n) is 11.4. The molecule has 2 unspecified atom stereocenters. The molecule has 1 aromatic rings. The lowest BCUT2D eigenvalue weighted by Gasteiger charge is -2.36. The summed E-state index contributed by atoms with van der Waals surface area (Å²) in [5.74, 6) is 0.491. The number of likely N-dealkylation sites (tertiary alicyclic amines) is 1. The molecule has 5 heteroatoms. The number of hydrogen-bond donors (Lipinski definition) is 2. The van der Waals surface area contributed by atoms with Crippen LogP contribution >= 0.6 is 0 Å². The fraction of sp³-hybridized carbons (Fsp3) is 0.500. The van der Waals surface area contributed by atoms with Crippen LogP contribution in [0.2, 0.25) is 0 Å². The van der Waals surface area contributed by atoms with Crippen LogP contribution in [0.4, 0.5) is 16.2 Å². The SMILES string of the molecule is COC1CN(C(=O)Nc2ccc(N)cc2)CCC1C. The number of anilines is 2. The minimum Gasteiger partial charge on any atom is -0.399 e. The quantitative estimate of drug-likeness (QED) is 0.803. The van der Waals surface area contributed by atoms with E-state index in [-0.39, 0.29) is 12.1 Å². The van der Waals surface area contributed by atoms with Crippen LogP contribution in [-0.2, 0) is 4.74 Å². The number of hydrogen-bond acceptors (Lipinski definition) is 3. The first-order valence-corrected chi connectivity index (χ1v) is 6.54. The maximum Gasteiger partial charge on any atom is 0.321 e. The Morgan fingerprint density at radius 1 is 1.42 bits per heavy atom. The van der Waals surface area contributed by atoms with Gasteiger partial charge in [0.1, 0.15) is 0 Å². The van der Waals surface area contributed by atoms with Crippen LogP contribution in [0.1, 0.15) is 13.3 Å². The molecular formula is C14H21N3O2. The molecule has 19 heavy (non-hydrogen) atoms. The molecule has 1 aliphatic heterocycles. The topological polar surface area (TPSA) is 67.6 Å². The summed E-state index contributed by atoms with van der Waals surface area (Å²) in [6.45, 7) is 3.56. The van der Waals surface area contributed by atoms with Crippen molar-refractivity contribution in [1.82, 2.24) is 4.90 Å². The molecule has 1 aromatic carbocycles. The van der Waals surface area contributed by atoms with E-state index in [4.69, 9.17) is 10.5 Å². The molecule has 1 fully saturated rings. The summed E-state index contributed by atoms with van der Waals surface area (Å²) >= 11 is 0. The van der Waals surface area contributed by atoms with Gasteiger partial charge in [-0.3, -0.25) is 0 Å². The highest BCUT2D eigenvalue weighted by molar-refractivity contribution is 5.89. The van der Waals surface area contributed by atoms with Gasteiger partial charge < -0.3 is 20.7 Å². The summed E-state index contributed by atoms with van der Waals surface area (Å²) in [6, 6.07) is 7.05. The minimum atomic E-state index is -0.0845. The van der Waals surface area contributed by atoms with Gasteiger partial charge in [-0.1, -0.05) is 6.92 Å². The van der Waals surface area contributed by atoms with Crippen molar-refractivity contribution >= 4 is 17.4 Å². The second-order valence-electron chi connectivity index (χ2n) is 5.04. The Morgan fingerprint density at radius 2 is 2.11 bits per heavy atom. The zero-order valence-corrected chi connectivity index (χ0v) is 11.4. The third-order valence-corrected chi connectivity index (χ3v) is 3.64. The van der Waals surface area contributed by atoms with Crippen molar-refractivity contribution in [3.63, 3.8) is 0 Å². The lowest BCUT2D eigenvalue weighted by molar-refractivity contribution is 0.00896. The van der Waals surface area contributed by atoms with E-state index in [0.29, 0.717) is 18.2 Å². The summed E-state index contributed by atoms with van der Waals surface area (Å²) < 4.78 is 5.41. The van der Waals surface area contributed by atoms with Gasteiger partial charge >= 0.3 is 6.03 Å². The Balaban J connectivity index is 1.94. The Kier molecular flexibility index (Phi) is 4.27. The molecule has 104 valence electrons. The lowest BCUT2D eigenvalue weighted by atomic mass is 9.96. The Morgan fingerprint density at radius 3 is 2.74 bits per heavy atom. The molecular weight excluding hydrogens is 242 g/mol. The molecule has 0 aromatic heterocycles. The van der Waals surface area contributed by atoms with Crippen LogP contribution in [0, 0.1) is 5.92 Å². The van der Waals surface area contributed by atoms with Crippen LogP contribution in [-0.4, -0.2) is 37.2 Å². The van der Waals surface area contributed by atoms with E-state index in [2.05, 4.69) is 12.2 Å². The minimum absolute atomic E-state index is 0.0845. The third kappa shape index (κ3) is 3.38. The van der Waals surface area contributed by atoms with Gasteiger partial charge in [0.25, 0.3) is 0 Å². The number of carbonyl (C=O) groups is 1. The molecule has 0 bridgehead atoms. The number of urea groups is 1. The lowest BCUT2D eigenvalue weighted by Crippen LogP contribution is -2.48. The smallest absolute Gasteiger partial charge is 0.321 e. The van der Waals surface area contributed by atoms with Crippen molar-refractivity contribution < 1.29 is 9.53 Å². The van der Waals surface area contributed by atoms with Gasteiger partial charge in [0.15, 0.2) is 0 Å². The number of benzene rings is 1. The van der Waals surface area contributed by atoms with Crippen LogP contribution in [0.5, 0.6) is 0 Å². The monoisotopic (exact) mass is 263 g/mol. The van der Waals surface area contributed by atoms with Crippen molar-refractivity contribution in [2.45, 2.75) is 19.4 Å². The number of nitrogens with zero attached hydrogens (tertiary/aromatic N) is 1. The molecule has 3 N–H and O–H groups in total. The standard InChI is InChI=1S/C14H21N3O2/c1-10-7-8-17(9-13(10)19-2)14(18)16-12-5-3-11(15)4-6-12/h3-6,10,13H,7-9,15H2,1-2H3,(H,16,18). The molecule has 2 atom stereocenters. The number of carbonyl (C=O) groups excluding carboxylic acids is 1. The van der Waals surface area contributed by atoms with Crippen molar-refractivity contribution in [2.24, 2.45) is 5.92 Å². The average molecular weight is 263 g/mol. The fourth-order valence-electron chi connectivity index (χ4n) is 2.29. The Labute approximate surface area is 113 Å². The Hall–Kier alpha value is -1.75. The van der Waals surface area contributed by atoms with Gasteiger partial charge in [0.2, 0.25) is 0 Å². The van der Waals surface area contributed by atoms with Gasteiger partial charge in [-0.05, 0) is 36.6 Å². The number of rotatable bonds is 2. The van der Waals surface area contributed by atoms with Crippen molar-refractivity contribution in [1.29, 1.82) is 0 Å². The molecule has 1 saturated heterocycles. The first kappa shape index (κ1) is 13.7. The highest BCUT2D eigenvalue weighted by Crippen LogP contribution is 2.20. The average Bonchev–Trinajstić information content (AvgIpc) is 2.42. The van der Waals surface area contributed by atoms with E-state index in [0.717, 1.165) is 18.7 Å². The second-order valence-corrected chi connectivity index (χ2v) is 5.04. The summed E-state index contributed by atoms with van der Waals surface area (Å²) in [5.41, 5.74) is 7.05. The predicted molar refractivity (Wildman–Crippen MR) is 76.0 cm³/mol. The number of methoxy groups -OCH3 is 1. The molecule has 1 heterocycles. The fourth-order valence-corrected chi connectivity index (χ4v) is 2.29. The summed E-state index contributed by atoms with van der Waals surface area (Å²) in [4.78, 5) is 13.9. The van der Waals surface area contributed by atoms with Crippen molar-refractivity contribution in [3.8, 4) is 0 Å². The number of nitrogen functional groups attached to an aromatic ring is 1.